The maximum atomic E-state index is 9.07. The lowest BCUT2D eigenvalue weighted by atomic mass is 9.99. The van der Waals surface area contributed by atoms with Gasteiger partial charge in [-0.1, -0.05) is 54.3 Å². The van der Waals surface area contributed by atoms with Gasteiger partial charge in [-0.2, -0.15) is 5.26 Å². The van der Waals surface area contributed by atoms with Crippen LogP contribution in [0.3, 0.4) is 0 Å². The standard InChI is InChI=1S/C21H15N/c22-16-21-9-5-4-8-19(21)13-10-17-11-14-20(15-12-17)18-6-2-1-3-7-18/h2,4-9,11-12,14-15H,1,3H2. The molecule has 0 atom stereocenters. The van der Waals surface area contributed by atoms with Gasteiger partial charge >= 0.3 is 0 Å². The average molecular weight is 281 g/mol. The van der Waals surface area contributed by atoms with Gasteiger partial charge in [0, 0.05) is 11.1 Å². The summed E-state index contributed by atoms with van der Waals surface area (Å²) in [6, 6.07) is 17.8. The van der Waals surface area contributed by atoms with Gasteiger partial charge in [-0.3, -0.25) is 0 Å². The molecule has 22 heavy (non-hydrogen) atoms. The maximum absolute atomic E-state index is 9.07. The fourth-order valence-corrected chi connectivity index (χ4v) is 2.40. The zero-order valence-corrected chi connectivity index (χ0v) is 12.2. The van der Waals surface area contributed by atoms with Crippen molar-refractivity contribution >= 4 is 5.57 Å². The number of hydrogen-bond acceptors (Lipinski definition) is 1. The van der Waals surface area contributed by atoms with Crippen molar-refractivity contribution in [3.05, 3.63) is 89.0 Å². The molecule has 0 spiro atoms. The van der Waals surface area contributed by atoms with E-state index in [9.17, 15) is 0 Å². The molecule has 0 saturated carbocycles. The third-order valence-electron chi connectivity index (χ3n) is 3.60. The van der Waals surface area contributed by atoms with Crippen LogP contribution in [0.5, 0.6) is 0 Å². The van der Waals surface area contributed by atoms with E-state index < -0.39 is 0 Å². The first-order valence-electron chi connectivity index (χ1n) is 7.35. The van der Waals surface area contributed by atoms with E-state index in [1.54, 1.807) is 6.07 Å². The molecule has 1 aliphatic carbocycles. The van der Waals surface area contributed by atoms with Crippen molar-refractivity contribution < 1.29 is 0 Å². The Labute approximate surface area is 131 Å². The second kappa shape index (κ2) is 6.61. The van der Waals surface area contributed by atoms with Crippen LogP contribution in [-0.2, 0) is 0 Å². The molecule has 2 aromatic rings. The van der Waals surface area contributed by atoms with Gasteiger partial charge in [-0.15, -0.1) is 0 Å². The van der Waals surface area contributed by atoms with E-state index in [-0.39, 0.29) is 0 Å². The first-order valence-corrected chi connectivity index (χ1v) is 7.35. The van der Waals surface area contributed by atoms with Crippen molar-refractivity contribution in [1.82, 2.24) is 0 Å². The molecule has 1 aliphatic rings. The van der Waals surface area contributed by atoms with E-state index in [4.69, 9.17) is 5.26 Å². The second-order valence-corrected chi connectivity index (χ2v) is 5.12. The summed E-state index contributed by atoms with van der Waals surface area (Å²) >= 11 is 0. The predicted molar refractivity (Wildman–Crippen MR) is 89.9 cm³/mol. The SMILES string of the molecule is N#Cc1ccccc1C#Cc1ccc(C2=CCCC=C2)cc1. The van der Waals surface area contributed by atoms with Crippen LogP contribution in [0.1, 0.15) is 35.1 Å². The molecule has 0 unspecified atom stereocenters. The van der Waals surface area contributed by atoms with Gasteiger partial charge in [0.25, 0.3) is 0 Å². The lowest BCUT2D eigenvalue weighted by molar-refractivity contribution is 1.04. The molecule has 0 aromatic heterocycles. The Balaban J connectivity index is 1.83. The minimum atomic E-state index is 0.615. The van der Waals surface area contributed by atoms with Crippen molar-refractivity contribution in [2.45, 2.75) is 12.8 Å². The van der Waals surface area contributed by atoms with Gasteiger partial charge in [-0.25, -0.2) is 0 Å². The van der Waals surface area contributed by atoms with Crippen molar-refractivity contribution in [2.24, 2.45) is 0 Å². The highest BCUT2D eigenvalue weighted by molar-refractivity contribution is 5.75. The molecule has 0 aliphatic heterocycles. The molecular weight excluding hydrogens is 266 g/mol. The second-order valence-electron chi connectivity index (χ2n) is 5.12. The minimum absolute atomic E-state index is 0.615. The van der Waals surface area contributed by atoms with Gasteiger partial charge in [0.2, 0.25) is 0 Å². The molecule has 0 radical (unpaired) electrons. The Morgan fingerprint density at radius 3 is 2.27 bits per heavy atom. The molecule has 0 fully saturated rings. The van der Waals surface area contributed by atoms with E-state index in [0.717, 1.165) is 24.0 Å². The zero-order valence-electron chi connectivity index (χ0n) is 12.2. The molecule has 104 valence electrons. The Morgan fingerprint density at radius 2 is 1.59 bits per heavy atom. The average Bonchev–Trinajstić information content (AvgIpc) is 2.61. The smallest absolute Gasteiger partial charge is 0.100 e. The van der Waals surface area contributed by atoms with Crippen LogP contribution < -0.4 is 0 Å². The molecule has 1 heteroatoms. The number of benzene rings is 2. The number of nitrogens with zero attached hydrogens (tertiary/aromatic N) is 1. The summed E-state index contributed by atoms with van der Waals surface area (Å²) in [6.45, 7) is 0. The molecule has 0 saturated heterocycles. The van der Waals surface area contributed by atoms with E-state index in [2.05, 4.69) is 48.3 Å². The van der Waals surface area contributed by atoms with Crippen molar-refractivity contribution in [3.8, 4) is 17.9 Å². The van der Waals surface area contributed by atoms with E-state index in [0.29, 0.717) is 5.56 Å². The summed E-state index contributed by atoms with van der Waals surface area (Å²) < 4.78 is 0. The predicted octanol–water partition coefficient (Wildman–Crippen LogP) is 4.69. The van der Waals surface area contributed by atoms with Crippen molar-refractivity contribution in [2.75, 3.05) is 0 Å². The van der Waals surface area contributed by atoms with E-state index in [1.807, 2.05) is 30.3 Å². The molecule has 0 heterocycles. The minimum Gasteiger partial charge on any atom is -0.192 e. The fraction of sp³-hybridized carbons (Fsp3) is 0.0952. The van der Waals surface area contributed by atoms with E-state index in [1.165, 1.54) is 11.1 Å². The van der Waals surface area contributed by atoms with Gasteiger partial charge in [-0.05, 0) is 48.2 Å². The molecule has 0 amide bonds. The van der Waals surface area contributed by atoms with Gasteiger partial charge in [0.15, 0.2) is 0 Å². The zero-order chi connectivity index (χ0) is 15.2. The molecule has 2 aromatic carbocycles. The third kappa shape index (κ3) is 3.17. The highest BCUT2D eigenvalue weighted by atomic mass is 14.2. The number of rotatable bonds is 1. The lowest BCUT2D eigenvalue weighted by Crippen LogP contribution is -1.86. The highest BCUT2D eigenvalue weighted by Gasteiger charge is 2.01. The summed E-state index contributed by atoms with van der Waals surface area (Å²) in [7, 11) is 0. The molecule has 3 rings (SSSR count). The summed E-state index contributed by atoms with van der Waals surface area (Å²) in [4.78, 5) is 0. The van der Waals surface area contributed by atoms with Crippen LogP contribution in [0.4, 0.5) is 0 Å². The van der Waals surface area contributed by atoms with Crippen LogP contribution in [0.15, 0.2) is 66.8 Å². The molecule has 0 N–H and O–H groups in total. The van der Waals surface area contributed by atoms with Gasteiger partial charge in [0.1, 0.15) is 6.07 Å². The van der Waals surface area contributed by atoms with Gasteiger partial charge < -0.3 is 0 Å². The molecule has 0 bridgehead atoms. The summed E-state index contributed by atoms with van der Waals surface area (Å²) in [5, 5.41) is 9.07. The monoisotopic (exact) mass is 281 g/mol. The largest absolute Gasteiger partial charge is 0.192 e. The molecule has 1 nitrogen and oxygen atoms in total. The normalized spacial score (nSPS) is 12.8. The molecular formula is C21H15N. The topological polar surface area (TPSA) is 23.8 Å². The van der Waals surface area contributed by atoms with Crippen LogP contribution in [0.25, 0.3) is 5.57 Å². The van der Waals surface area contributed by atoms with Crippen LogP contribution in [0.2, 0.25) is 0 Å². The number of allylic oxidation sites excluding steroid dienone is 4. The Hall–Kier alpha value is -3.03. The van der Waals surface area contributed by atoms with E-state index >= 15 is 0 Å². The first-order chi connectivity index (χ1) is 10.9. The Kier molecular flexibility index (Phi) is 4.19. The highest BCUT2D eigenvalue weighted by Crippen LogP contribution is 2.21. The maximum Gasteiger partial charge on any atom is 0.100 e. The Morgan fingerprint density at radius 1 is 0.818 bits per heavy atom. The number of nitriles is 1. The van der Waals surface area contributed by atoms with Crippen molar-refractivity contribution in [1.29, 1.82) is 5.26 Å². The van der Waals surface area contributed by atoms with Crippen LogP contribution >= 0.6 is 0 Å². The van der Waals surface area contributed by atoms with Crippen LogP contribution in [-0.4, -0.2) is 0 Å². The van der Waals surface area contributed by atoms with Gasteiger partial charge in [0.05, 0.1) is 5.56 Å². The quantitative estimate of drug-likeness (QED) is 0.695. The Bertz CT molecular complexity index is 834. The van der Waals surface area contributed by atoms with Crippen LogP contribution in [0, 0.1) is 23.2 Å². The number of hydrogen-bond donors (Lipinski definition) is 0. The lowest BCUT2D eigenvalue weighted by Gasteiger charge is -2.06. The summed E-state index contributed by atoms with van der Waals surface area (Å²) in [5.41, 5.74) is 4.84. The third-order valence-corrected chi connectivity index (χ3v) is 3.60. The summed E-state index contributed by atoms with van der Waals surface area (Å²) in [5.74, 6) is 6.21. The van der Waals surface area contributed by atoms with Crippen molar-refractivity contribution in [3.63, 3.8) is 0 Å². The fourth-order valence-electron chi connectivity index (χ4n) is 2.40. The first kappa shape index (κ1) is 13.9. The summed E-state index contributed by atoms with van der Waals surface area (Å²) in [6.07, 6.45) is 8.89.